The molecule has 0 atom stereocenters. The molecule has 0 radical (unpaired) electrons. The minimum Gasteiger partial charge on any atom is -0.277 e. The third-order valence-electron chi connectivity index (χ3n) is 11.1. The smallest absolute Gasteiger partial charge is 0.164 e. The Bertz CT molecular complexity index is 3230. The van der Waals surface area contributed by atoms with Gasteiger partial charge in [0.05, 0.1) is 5.69 Å². The van der Waals surface area contributed by atoms with Crippen LogP contribution in [0.25, 0.3) is 107 Å². The molecule has 0 bridgehead atoms. The molecular formula is C55H36N6. The van der Waals surface area contributed by atoms with Crippen LogP contribution in [0.4, 0.5) is 0 Å². The van der Waals surface area contributed by atoms with Crippen molar-refractivity contribution in [2.75, 3.05) is 0 Å². The van der Waals surface area contributed by atoms with E-state index in [0.717, 1.165) is 83.6 Å². The second-order valence-electron chi connectivity index (χ2n) is 14.9. The minimum atomic E-state index is 0.577. The van der Waals surface area contributed by atoms with Crippen LogP contribution in [-0.2, 0) is 0 Å². The molecule has 11 aromatic rings. The van der Waals surface area contributed by atoms with Crippen molar-refractivity contribution >= 4 is 16.4 Å². The summed E-state index contributed by atoms with van der Waals surface area (Å²) in [5.74, 6) is 3.23. The van der Waals surface area contributed by atoms with Crippen molar-refractivity contribution in [3.05, 3.63) is 218 Å². The van der Waals surface area contributed by atoms with Crippen LogP contribution in [-0.4, -0.2) is 29.3 Å². The van der Waals surface area contributed by atoms with Crippen LogP contribution >= 0.6 is 0 Å². The minimum absolute atomic E-state index is 0.577. The highest BCUT2D eigenvalue weighted by atomic mass is 15.1. The van der Waals surface area contributed by atoms with E-state index in [1.165, 1.54) is 0 Å². The maximum Gasteiger partial charge on any atom is 0.164 e. The second-order valence-corrected chi connectivity index (χ2v) is 14.9. The highest BCUT2D eigenvalue weighted by Crippen LogP contribution is 2.38. The van der Waals surface area contributed by atoms with E-state index < -0.39 is 0 Å². The maximum atomic E-state index is 5.31. The van der Waals surface area contributed by atoms with Crippen molar-refractivity contribution in [1.82, 2.24) is 29.3 Å². The van der Waals surface area contributed by atoms with Crippen molar-refractivity contribution in [1.29, 1.82) is 0 Å². The largest absolute Gasteiger partial charge is 0.277 e. The summed E-state index contributed by atoms with van der Waals surface area (Å²) in [6, 6.07) is 75.1. The fourth-order valence-corrected chi connectivity index (χ4v) is 8.08. The van der Waals surface area contributed by atoms with Gasteiger partial charge in [0.2, 0.25) is 0 Å². The van der Waals surface area contributed by atoms with E-state index in [9.17, 15) is 0 Å². The Morgan fingerprint density at radius 2 is 0.623 bits per heavy atom. The van der Waals surface area contributed by atoms with E-state index in [1.54, 1.807) is 0 Å². The number of hydrogen-bond acceptors (Lipinski definition) is 5. The molecule has 0 aliphatic carbocycles. The Labute approximate surface area is 353 Å². The third kappa shape index (κ3) is 6.82. The summed E-state index contributed by atoms with van der Waals surface area (Å²) in [5, 5.41) is 2.19. The summed E-state index contributed by atoms with van der Waals surface area (Å²) >= 11 is 0. The third-order valence-corrected chi connectivity index (χ3v) is 11.1. The molecule has 8 aromatic carbocycles. The molecule has 3 aromatic heterocycles. The molecule has 0 aliphatic rings. The summed E-state index contributed by atoms with van der Waals surface area (Å²) < 4.78 is 2.21. The highest BCUT2D eigenvalue weighted by Gasteiger charge is 2.21. The summed E-state index contributed by atoms with van der Waals surface area (Å²) in [6.07, 6.45) is 0. The standard InChI is InChI=1S/C55H36N6/c1-5-17-37(18-6-1)43-25-15-27-45(35-43)52-56-50(57-53(58-52)46-28-16-26-44(36-46)38-19-7-2-8-20-38)40-31-33-41(34-32-40)51-59-54(42-23-11-4-12-24-42)61-49(39-21-9-3-10-22-39)47-29-13-14-30-48(47)55(61)60-51/h1-36H. The highest BCUT2D eigenvalue weighted by molar-refractivity contribution is 6.06. The molecule has 0 saturated carbocycles. The second kappa shape index (κ2) is 15.4. The monoisotopic (exact) mass is 780 g/mol. The lowest BCUT2D eigenvalue weighted by atomic mass is 10.0. The molecule has 6 nitrogen and oxygen atoms in total. The SMILES string of the molecule is c1ccc(-c2cccc(-c3nc(-c4ccc(-c5nc(-c6ccccc6)n6c(-c7ccccc7)c7ccccc7c6n5)cc4)nc(-c4cccc(-c5ccccc5)c4)n3)c2)cc1. The molecule has 0 fully saturated rings. The molecule has 0 amide bonds. The summed E-state index contributed by atoms with van der Waals surface area (Å²) in [4.78, 5) is 26.0. The topological polar surface area (TPSA) is 68.9 Å². The van der Waals surface area contributed by atoms with Gasteiger partial charge in [-0.3, -0.25) is 4.40 Å². The number of benzene rings is 8. The Balaban J connectivity index is 1.05. The van der Waals surface area contributed by atoms with Gasteiger partial charge in [0.1, 0.15) is 11.5 Å². The van der Waals surface area contributed by atoms with E-state index in [2.05, 4.69) is 199 Å². The zero-order valence-corrected chi connectivity index (χ0v) is 33.0. The first-order chi connectivity index (χ1) is 30.2. The first kappa shape index (κ1) is 35.8. The van der Waals surface area contributed by atoms with Crippen molar-refractivity contribution < 1.29 is 0 Å². The molecule has 6 heteroatoms. The zero-order chi connectivity index (χ0) is 40.5. The van der Waals surface area contributed by atoms with Crippen molar-refractivity contribution in [2.45, 2.75) is 0 Å². The van der Waals surface area contributed by atoms with Crippen molar-refractivity contribution in [3.63, 3.8) is 0 Å². The zero-order valence-electron chi connectivity index (χ0n) is 33.0. The van der Waals surface area contributed by atoms with Crippen LogP contribution in [0.1, 0.15) is 0 Å². The molecule has 0 saturated heterocycles. The summed E-state index contributed by atoms with van der Waals surface area (Å²) in [6.45, 7) is 0. The number of fused-ring (bicyclic) bond motifs is 3. The van der Waals surface area contributed by atoms with Gasteiger partial charge < -0.3 is 0 Å². The van der Waals surface area contributed by atoms with Crippen molar-refractivity contribution in [2.24, 2.45) is 0 Å². The lowest BCUT2D eigenvalue weighted by Gasteiger charge is -2.13. The molecule has 11 rings (SSSR count). The fourth-order valence-electron chi connectivity index (χ4n) is 8.08. The molecule has 0 N–H and O–H groups in total. The average Bonchev–Trinajstić information content (AvgIpc) is 3.69. The van der Waals surface area contributed by atoms with Gasteiger partial charge >= 0.3 is 0 Å². The molecule has 61 heavy (non-hydrogen) atoms. The van der Waals surface area contributed by atoms with Gasteiger partial charge in [-0.25, -0.2) is 24.9 Å². The molecular weight excluding hydrogens is 745 g/mol. The van der Waals surface area contributed by atoms with Gasteiger partial charge in [0.15, 0.2) is 23.3 Å². The normalized spacial score (nSPS) is 11.3. The lowest BCUT2D eigenvalue weighted by molar-refractivity contribution is 1.05. The van der Waals surface area contributed by atoms with E-state index in [4.69, 9.17) is 24.9 Å². The first-order valence-electron chi connectivity index (χ1n) is 20.3. The molecule has 286 valence electrons. The first-order valence-corrected chi connectivity index (χ1v) is 20.3. The predicted octanol–water partition coefficient (Wildman–Crippen LogP) is 13.4. The Hall–Kier alpha value is -8.35. The van der Waals surface area contributed by atoms with Crippen LogP contribution in [0.5, 0.6) is 0 Å². The lowest BCUT2D eigenvalue weighted by Crippen LogP contribution is -2.03. The van der Waals surface area contributed by atoms with Crippen LogP contribution in [0.3, 0.4) is 0 Å². The van der Waals surface area contributed by atoms with Crippen molar-refractivity contribution in [3.8, 4) is 90.5 Å². The van der Waals surface area contributed by atoms with Crippen LogP contribution in [0, 0.1) is 0 Å². The Morgan fingerprint density at radius 3 is 1.13 bits per heavy atom. The molecule has 3 heterocycles. The van der Waals surface area contributed by atoms with E-state index >= 15 is 0 Å². The van der Waals surface area contributed by atoms with Gasteiger partial charge in [-0.1, -0.05) is 206 Å². The molecule has 0 unspecified atom stereocenters. The van der Waals surface area contributed by atoms with E-state index in [-0.39, 0.29) is 0 Å². The molecule has 0 spiro atoms. The number of nitrogens with zero attached hydrogens (tertiary/aromatic N) is 6. The van der Waals surface area contributed by atoms with Crippen LogP contribution in [0.2, 0.25) is 0 Å². The Kier molecular flexibility index (Phi) is 9.06. The van der Waals surface area contributed by atoms with Gasteiger partial charge in [-0.2, -0.15) is 0 Å². The number of hydrogen-bond donors (Lipinski definition) is 0. The predicted molar refractivity (Wildman–Crippen MR) is 247 cm³/mol. The summed E-state index contributed by atoms with van der Waals surface area (Å²) in [7, 11) is 0. The van der Waals surface area contributed by atoms with Gasteiger partial charge in [0, 0.05) is 38.6 Å². The van der Waals surface area contributed by atoms with Crippen LogP contribution in [0.15, 0.2) is 218 Å². The number of rotatable bonds is 8. The van der Waals surface area contributed by atoms with Crippen LogP contribution < -0.4 is 0 Å². The molecule has 0 aliphatic heterocycles. The quantitative estimate of drug-likeness (QED) is 0.154. The van der Waals surface area contributed by atoms with E-state index in [0.29, 0.717) is 23.3 Å². The van der Waals surface area contributed by atoms with Gasteiger partial charge in [-0.15, -0.1) is 0 Å². The van der Waals surface area contributed by atoms with E-state index in [1.807, 2.05) is 24.3 Å². The fraction of sp³-hybridized carbons (Fsp3) is 0. The Morgan fingerprint density at radius 1 is 0.246 bits per heavy atom. The number of aromatic nitrogens is 6. The van der Waals surface area contributed by atoms with Gasteiger partial charge in [-0.05, 0) is 39.9 Å². The average molecular weight is 781 g/mol. The van der Waals surface area contributed by atoms with Gasteiger partial charge in [0.25, 0.3) is 0 Å². The maximum absolute atomic E-state index is 5.31. The summed E-state index contributed by atoms with van der Waals surface area (Å²) in [5.41, 5.74) is 12.0.